The fourth-order valence-corrected chi connectivity index (χ4v) is 1.72. The Morgan fingerprint density at radius 3 is 2.89 bits per heavy atom. The van der Waals surface area contributed by atoms with Gasteiger partial charge in [-0.1, -0.05) is 12.1 Å². The van der Waals surface area contributed by atoms with E-state index in [1.807, 2.05) is 6.07 Å². The molecule has 0 aliphatic rings. The molecule has 0 radical (unpaired) electrons. The number of nitrogens with one attached hydrogen (secondary N) is 1. The maximum atomic E-state index is 12.9. The molecule has 0 aliphatic carbocycles. The molecule has 0 fully saturated rings. The highest BCUT2D eigenvalue weighted by Crippen LogP contribution is 2.07. The van der Waals surface area contributed by atoms with Crippen molar-refractivity contribution in [3.63, 3.8) is 0 Å². The first-order valence-electron chi connectivity index (χ1n) is 5.91. The number of carboxylic acid groups (broad SMARTS) is 1. The Kier molecular flexibility index (Phi) is 4.30. The smallest absolute Gasteiger partial charge is 0.338 e. The first kappa shape index (κ1) is 13.3. The molecule has 5 heteroatoms. The lowest BCUT2D eigenvalue weighted by Crippen LogP contribution is -2.16. The van der Waals surface area contributed by atoms with E-state index in [9.17, 15) is 9.18 Å². The van der Waals surface area contributed by atoms with Crippen molar-refractivity contribution in [3.8, 4) is 0 Å². The zero-order valence-electron chi connectivity index (χ0n) is 10.2. The zero-order valence-corrected chi connectivity index (χ0v) is 10.2. The van der Waals surface area contributed by atoms with Crippen molar-refractivity contribution in [2.75, 3.05) is 6.54 Å². The van der Waals surface area contributed by atoms with Gasteiger partial charge in [0.2, 0.25) is 0 Å². The second-order valence-corrected chi connectivity index (χ2v) is 4.16. The van der Waals surface area contributed by atoms with E-state index in [1.165, 1.54) is 24.5 Å². The van der Waals surface area contributed by atoms with Crippen LogP contribution < -0.4 is 5.32 Å². The Balaban J connectivity index is 1.76. The molecular formula is C14H14FNO3. The summed E-state index contributed by atoms with van der Waals surface area (Å²) in [7, 11) is 0. The van der Waals surface area contributed by atoms with E-state index in [2.05, 4.69) is 5.32 Å². The lowest BCUT2D eigenvalue weighted by Gasteiger charge is -2.03. The molecule has 2 rings (SSSR count). The minimum absolute atomic E-state index is 0.141. The molecule has 2 N–H and O–H groups in total. The van der Waals surface area contributed by atoms with Gasteiger partial charge in [0.25, 0.3) is 0 Å². The summed E-state index contributed by atoms with van der Waals surface area (Å²) in [6.45, 7) is 1.11. The number of furan rings is 1. The topological polar surface area (TPSA) is 62.5 Å². The zero-order chi connectivity index (χ0) is 13.7. The number of rotatable bonds is 6. The highest BCUT2D eigenvalue weighted by molar-refractivity contribution is 5.87. The molecule has 0 amide bonds. The molecule has 2 aromatic rings. The number of halogens is 1. The SMILES string of the molecule is O=C(O)c1coc(CNCCc2cccc(F)c2)c1. The van der Waals surface area contributed by atoms with E-state index < -0.39 is 5.97 Å². The second-order valence-electron chi connectivity index (χ2n) is 4.16. The van der Waals surface area contributed by atoms with Crippen LogP contribution in [0.3, 0.4) is 0 Å². The summed E-state index contributed by atoms with van der Waals surface area (Å²) in [6, 6.07) is 7.93. The van der Waals surface area contributed by atoms with Crippen LogP contribution >= 0.6 is 0 Å². The van der Waals surface area contributed by atoms with E-state index in [0.717, 1.165) is 5.56 Å². The summed E-state index contributed by atoms with van der Waals surface area (Å²) in [4.78, 5) is 10.6. The maximum Gasteiger partial charge on any atom is 0.338 e. The Morgan fingerprint density at radius 1 is 1.37 bits per heavy atom. The van der Waals surface area contributed by atoms with Crippen LogP contribution in [0.15, 0.2) is 41.0 Å². The predicted octanol–water partition coefficient (Wildman–Crippen LogP) is 2.45. The fourth-order valence-electron chi connectivity index (χ4n) is 1.72. The minimum Gasteiger partial charge on any atom is -0.478 e. The molecule has 0 bridgehead atoms. The highest BCUT2D eigenvalue weighted by atomic mass is 19.1. The normalized spacial score (nSPS) is 10.6. The predicted molar refractivity (Wildman–Crippen MR) is 67.5 cm³/mol. The molecule has 100 valence electrons. The van der Waals surface area contributed by atoms with Gasteiger partial charge in [-0.05, 0) is 36.7 Å². The van der Waals surface area contributed by atoms with Crippen LogP contribution in [0.2, 0.25) is 0 Å². The summed E-state index contributed by atoms with van der Waals surface area (Å²) < 4.78 is 18.0. The van der Waals surface area contributed by atoms with Gasteiger partial charge in [0.1, 0.15) is 17.8 Å². The molecule has 1 aromatic heterocycles. The van der Waals surface area contributed by atoms with Crippen molar-refractivity contribution in [1.82, 2.24) is 5.32 Å². The Labute approximate surface area is 109 Å². The minimum atomic E-state index is -1.00. The molecule has 0 unspecified atom stereocenters. The number of carboxylic acids is 1. The van der Waals surface area contributed by atoms with Crippen LogP contribution in [0.25, 0.3) is 0 Å². The van der Waals surface area contributed by atoms with Gasteiger partial charge >= 0.3 is 5.97 Å². The van der Waals surface area contributed by atoms with Gasteiger partial charge in [-0.15, -0.1) is 0 Å². The summed E-state index contributed by atoms with van der Waals surface area (Å²) >= 11 is 0. The third-order valence-corrected chi connectivity index (χ3v) is 2.68. The fraction of sp³-hybridized carbons (Fsp3) is 0.214. The van der Waals surface area contributed by atoms with E-state index in [4.69, 9.17) is 9.52 Å². The van der Waals surface area contributed by atoms with Crippen molar-refractivity contribution in [2.24, 2.45) is 0 Å². The number of aromatic carboxylic acids is 1. The summed E-state index contributed by atoms with van der Waals surface area (Å²) in [6.07, 6.45) is 1.91. The molecular weight excluding hydrogens is 249 g/mol. The molecule has 0 spiro atoms. The maximum absolute atomic E-state index is 12.9. The van der Waals surface area contributed by atoms with Crippen molar-refractivity contribution < 1.29 is 18.7 Å². The standard InChI is InChI=1S/C14H14FNO3/c15-12-3-1-2-10(6-12)4-5-16-8-13-7-11(9-19-13)14(17)18/h1-3,6-7,9,16H,4-5,8H2,(H,17,18). The van der Waals surface area contributed by atoms with Gasteiger partial charge < -0.3 is 14.8 Å². The highest BCUT2D eigenvalue weighted by Gasteiger charge is 2.07. The molecule has 19 heavy (non-hydrogen) atoms. The Hall–Kier alpha value is -2.14. The lowest BCUT2D eigenvalue weighted by atomic mass is 10.1. The summed E-state index contributed by atoms with van der Waals surface area (Å²) in [5.41, 5.74) is 1.06. The first-order chi connectivity index (χ1) is 9.15. The van der Waals surface area contributed by atoms with Crippen LogP contribution in [-0.2, 0) is 13.0 Å². The van der Waals surface area contributed by atoms with Gasteiger partial charge in [0.05, 0.1) is 12.1 Å². The van der Waals surface area contributed by atoms with Gasteiger partial charge in [0.15, 0.2) is 0 Å². The van der Waals surface area contributed by atoms with Crippen LogP contribution in [0, 0.1) is 5.82 Å². The van der Waals surface area contributed by atoms with Gasteiger partial charge in [0, 0.05) is 0 Å². The largest absolute Gasteiger partial charge is 0.478 e. The summed E-state index contributed by atoms with van der Waals surface area (Å²) in [5, 5.41) is 11.8. The Morgan fingerprint density at radius 2 is 2.21 bits per heavy atom. The number of hydrogen-bond donors (Lipinski definition) is 2. The molecule has 4 nitrogen and oxygen atoms in total. The van der Waals surface area contributed by atoms with Gasteiger partial charge in [-0.2, -0.15) is 0 Å². The first-order valence-corrected chi connectivity index (χ1v) is 5.91. The van der Waals surface area contributed by atoms with Crippen molar-refractivity contribution in [1.29, 1.82) is 0 Å². The van der Waals surface area contributed by atoms with Crippen LogP contribution in [0.1, 0.15) is 21.7 Å². The molecule has 1 aromatic carbocycles. The Bertz CT molecular complexity index is 565. The van der Waals surface area contributed by atoms with E-state index >= 15 is 0 Å². The quantitative estimate of drug-likeness (QED) is 0.786. The monoisotopic (exact) mass is 263 g/mol. The van der Waals surface area contributed by atoms with Crippen LogP contribution in [0.4, 0.5) is 4.39 Å². The average Bonchev–Trinajstić information content (AvgIpc) is 2.84. The lowest BCUT2D eigenvalue weighted by molar-refractivity contribution is 0.0696. The van der Waals surface area contributed by atoms with E-state index in [0.29, 0.717) is 25.3 Å². The van der Waals surface area contributed by atoms with Crippen molar-refractivity contribution in [2.45, 2.75) is 13.0 Å². The van der Waals surface area contributed by atoms with Gasteiger partial charge in [-0.25, -0.2) is 9.18 Å². The molecule has 1 heterocycles. The van der Waals surface area contributed by atoms with Crippen molar-refractivity contribution in [3.05, 3.63) is 59.3 Å². The average molecular weight is 263 g/mol. The molecule has 0 atom stereocenters. The third kappa shape index (κ3) is 3.93. The third-order valence-electron chi connectivity index (χ3n) is 2.68. The molecule has 0 saturated carbocycles. The van der Waals surface area contributed by atoms with Gasteiger partial charge in [-0.3, -0.25) is 0 Å². The molecule has 0 aliphatic heterocycles. The number of carbonyl (C=O) groups is 1. The van der Waals surface area contributed by atoms with E-state index in [1.54, 1.807) is 6.07 Å². The number of benzene rings is 1. The summed E-state index contributed by atoms with van der Waals surface area (Å²) in [5.74, 6) is -0.680. The van der Waals surface area contributed by atoms with E-state index in [-0.39, 0.29) is 11.4 Å². The van der Waals surface area contributed by atoms with Crippen LogP contribution in [0.5, 0.6) is 0 Å². The number of hydrogen-bond acceptors (Lipinski definition) is 3. The molecule has 0 saturated heterocycles. The van der Waals surface area contributed by atoms with Crippen molar-refractivity contribution >= 4 is 5.97 Å². The van der Waals surface area contributed by atoms with Crippen LogP contribution in [-0.4, -0.2) is 17.6 Å². The second kappa shape index (κ2) is 6.15.